The molecule has 0 heterocycles. The Hall–Kier alpha value is -2.16. The highest BCUT2D eigenvalue weighted by Crippen LogP contribution is 1.83. The normalized spacial score (nSPS) is 7.69. The number of hydrogen-bond donors (Lipinski definition) is 2. The molecule has 0 spiro atoms. The lowest BCUT2D eigenvalue weighted by atomic mass is 10.7. The summed E-state index contributed by atoms with van der Waals surface area (Å²) in [6, 6.07) is 0. The molecule has 0 fully saturated rings. The molecule has 0 aliphatic heterocycles. The van der Waals surface area contributed by atoms with E-state index < -0.39 is 24.1 Å². The molecular formula is C4H6N2O7. The van der Waals surface area contributed by atoms with Crippen molar-refractivity contribution in [2.24, 2.45) is 11.5 Å². The van der Waals surface area contributed by atoms with Crippen molar-refractivity contribution >= 4 is 24.1 Å². The van der Waals surface area contributed by atoms with E-state index in [9.17, 15) is 19.2 Å². The highest BCUT2D eigenvalue weighted by atomic mass is 16.6. The van der Waals surface area contributed by atoms with Gasteiger partial charge < -0.3 is 26.4 Å². The summed E-state index contributed by atoms with van der Waals surface area (Å²) in [4.78, 5) is 40.3. The average Bonchev–Trinajstić information content (AvgIpc) is 1.84. The molecule has 0 saturated carbocycles. The first-order valence-corrected chi connectivity index (χ1v) is 2.46. The standard InChI is InChI=1S/C4H4N2O6.H2O/c5-3(9)11-1(7)2(8)12-4(6)10;/h(H2,5,9)(H2,6,10);1H2. The van der Waals surface area contributed by atoms with Gasteiger partial charge >= 0.3 is 24.1 Å². The van der Waals surface area contributed by atoms with Crippen molar-refractivity contribution in [1.82, 2.24) is 0 Å². The Bertz CT molecular complexity index is 221. The number of esters is 2. The van der Waals surface area contributed by atoms with E-state index in [0.29, 0.717) is 0 Å². The quantitative estimate of drug-likeness (QED) is 0.243. The zero-order valence-electron chi connectivity index (χ0n) is 6.10. The van der Waals surface area contributed by atoms with Crippen LogP contribution in [0.25, 0.3) is 0 Å². The van der Waals surface area contributed by atoms with Gasteiger partial charge in [0, 0.05) is 0 Å². The van der Waals surface area contributed by atoms with Gasteiger partial charge in [0.25, 0.3) is 0 Å². The maximum absolute atomic E-state index is 10.3. The van der Waals surface area contributed by atoms with Gasteiger partial charge in [0.15, 0.2) is 0 Å². The fraction of sp³-hybridized carbons (Fsp3) is 0. The third-order valence-corrected chi connectivity index (χ3v) is 0.553. The smallest absolute Gasteiger partial charge is 0.412 e. The van der Waals surface area contributed by atoms with Crippen LogP contribution in [0.2, 0.25) is 0 Å². The molecule has 9 nitrogen and oxygen atoms in total. The highest BCUT2D eigenvalue weighted by molar-refractivity contribution is 6.33. The molecule has 0 atom stereocenters. The van der Waals surface area contributed by atoms with Crippen molar-refractivity contribution in [2.45, 2.75) is 0 Å². The van der Waals surface area contributed by atoms with Crippen LogP contribution in [0, 0.1) is 0 Å². The third-order valence-electron chi connectivity index (χ3n) is 0.553. The summed E-state index contributed by atoms with van der Waals surface area (Å²) in [5.74, 6) is -3.41. The van der Waals surface area contributed by atoms with Gasteiger partial charge in [-0.15, -0.1) is 0 Å². The number of primary amides is 2. The topological polar surface area (TPSA) is 170 Å². The van der Waals surface area contributed by atoms with E-state index in [0.717, 1.165) is 0 Å². The van der Waals surface area contributed by atoms with Crippen molar-refractivity contribution in [3.8, 4) is 0 Å². The van der Waals surface area contributed by atoms with E-state index in [1.807, 2.05) is 0 Å². The number of carbonyl (C=O) groups excluding carboxylic acids is 4. The Kier molecular flexibility index (Phi) is 5.67. The van der Waals surface area contributed by atoms with Crippen LogP contribution in [0.3, 0.4) is 0 Å². The highest BCUT2D eigenvalue weighted by Gasteiger charge is 2.21. The number of amides is 2. The summed E-state index contributed by atoms with van der Waals surface area (Å²) in [5.41, 5.74) is 8.71. The average molecular weight is 194 g/mol. The minimum atomic E-state index is -1.71. The van der Waals surface area contributed by atoms with Gasteiger partial charge in [-0.1, -0.05) is 0 Å². The molecule has 13 heavy (non-hydrogen) atoms. The lowest BCUT2D eigenvalue weighted by Crippen LogP contribution is -2.29. The zero-order chi connectivity index (χ0) is 9.72. The van der Waals surface area contributed by atoms with Crippen molar-refractivity contribution in [1.29, 1.82) is 0 Å². The monoisotopic (exact) mass is 194 g/mol. The van der Waals surface area contributed by atoms with Gasteiger partial charge in [-0.2, -0.15) is 0 Å². The lowest BCUT2D eigenvalue weighted by molar-refractivity contribution is -0.159. The first-order chi connectivity index (χ1) is 5.43. The van der Waals surface area contributed by atoms with Gasteiger partial charge in [-0.25, -0.2) is 19.2 Å². The second kappa shape index (κ2) is 5.49. The lowest BCUT2D eigenvalue weighted by Gasteiger charge is -1.96. The Morgan fingerprint density at radius 1 is 0.769 bits per heavy atom. The zero-order valence-corrected chi connectivity index (χ0v) is 6.10. The van der Waals surface area contributed by atoms with E-state index in [1.54, 1.807) is 0 Å². The molecule has 0 radical (unpaired) electrons. The SMILES string of the molecule is NC(=O)OC(=O)C(=O)OC(N)=O.O. The molecule has 0 rings (SSSR count). The van der Waals surface area contributed by atoms with Crippen LogP contribution in [-0.4, -0.2) is 29.6 Å². The number of ether oxygens (including phenoxy) is 2. The van der Waals surface area contributed by atoms with Crippen molar-refractivity contribution < 1.29 is 34.1 Å². The number of nitrogens with two attached hydrogens (primary N) is 2. The fourth-order valence-electron chi connectivity index (χ4n) is 0.266. The molecule has 0 saturated heterocycles. The molecule has 0 aromatic rings. The van der Waals surface area contributed by atoms with E-state index in [2.05, 4.69) is 20.9 Å². The second-order valence-corrected chi connectivity index (χ2v) is 1.42. The van der Waals surface area contributed by atoms with E-state index in [-0.39, 0.29) is 5.48 Å². The molecule has 6 N–H and O–H groups in total. The Balaban J connectivity index is 0. The predicted molar refractivity (Wildman–Crippen MR) is 35.0 cm³/mol. The van der Waals surface area contributed by atoms with Crippen LogP contribution in [0.1, 0.15) is 0 Å². The number of carbonyl (C=O) groups is 4. The van der Waals surface area contributed by atoms with Crippen LogP contribution in [0.15, 0.2) is 0 Å². The molecule has 0 aromatic heterocycles. The summed E-state index contributed by atoms with van der Waals surface area (Å²) >= 11 is 0. The molecule has 0 aliphatic rings. The van der Waals surface area contributed by atoms with E-state index >= 15 is 0 Å². The Morgan fingerprint density at radius 3 is 1.15 bits per heavy atom. The summed E-state index contributed by atoms with van der Waals surface area (Å²) in [6.07, 6.45) is -2.97. The van der Waals surface area contributed by atoms with Crippen molar-refractivity contribution in [3.63, 3.8) is 0 Å². The maximum Gasteiger partial charge on any atom is 0.426 e. The Labute approximate surface area is 70.9 Å². The van der Waals surface area contributed by atoms with Crippen LogP contribution >= 0.6 is 0 Å². The minimum absolute atomic E-state index is 0. The van der Waals surface area contributed by atoms with Crippen molar-refractivity contribution in [2.75, 3.05) is 0 Å². The summed E-state index contributed by atoms with van der Waals surface area (Å²) < 4.78 is 7.06. The fourth-order valence-corrected chi connectivity index (χ4v) is 0.266. The molecule has 0 aliphatic carbocycles. The van der Waals surface area contributed by atoms with Crippen LogP contribution in [0.5, 0.6) is 0 Å². The molecule has 0 aromatic carbocycles. The van der Waals surface area contributed by atoms with Crippen LogP contribution < -0.4 is 11.5 Å². The van der Waals surface area contributed by atoms with Crippen molar-refractivity contribution in [3.05, 3.63) is 0 Å². The maximum atomic E-state index is 10.3. The summed E-state index contributed by atoms with van der Waals surface area (Å²) in [6.45, 7) is 0. The van der Waals surface area contributed by atoms with E-state index in [1.165, 1.54) is 0 Å². The number of rotatable bonds is 0. The largest absolute Gasteiger partial charge is 0.426 e. The van der Waals surface area contributed by atoms with Gasteiger partial charge in [0.2, 0.25) is 0 Å². The second-order valence-electron chi connectivity index (χ2n) is 1.42. The van der Waals surface area contributed by atoms with Crippen LogP contribution in [0.4, 0.5) is 9.59 Å². The molecule has 0 bridgehead atoms. The first kappa shape index (κ1) is 13.4. The van der Waals surface area contributed by atoms with E-state index in [4.69, 9.17) is 0 Å². The first-order valence-electron chi connectivity index (χ1n) is 2.46. The van der Waals surface area contributed by atoms with Gasteiger partial charge in [0.05, 0.1) is 0 Å². The molecule has 74 valence electrons. The van der Waals surface area contributed by atoms with Crippen LogP contribution in [-0.2, 0) is 19.1 Å². The summed E-state index contributed by atoms with van der Waals surface area (Å²) in [5, 5.41) is 0. The van der Waals surface area contributed by atoms with Gasteiger partial charge in [-0.3, -0.25) is 0 Å². The predicted octanol–water partition coefficient (Wildman–Crippen LogP) is -2.59. The molecule has 9 heteroatoms. The van der Waals surface area contributed by atoms with Gasteiger partial charge in [0.1, 0.15) is 0 Å². The summed E-state index contributed by atoms with van der Waals surface area (Å²) in [7, 11) is 0. The third kappa shape index (κ3) is 6.25. The molecule has 0 unspecified atom stereocenters. The molecule has 2 amide bonds. The Morgan fingerprint density at radius 2 is 1.00 bits per heavy atom. The number of hydrogen-bond acceptors (Lipinski definition) is 6. The molecular weight excluding hydrogens is 188 g/mol. The van der Waals surface area contributed by atoms with Gasteiger partial charge in [-0.05, 0) is 0 Å². The minimum Gasteiger partial charge on any atom is -0.412 e.